The van der Waals surface area contributed by atoms with Crippen LogP contribution in [0, 0.1) is 0 Å². The van der Waals surface area contributed by atoms with Crippen LogP contribution in [0.4, 0.5) is 5.82 Å². The molecular formula is C11H16N2O2. The summed E-state index contributed by atoms with van der Waals surface area (Å²) >= 11 is 0. The first kappa shape index (κ1) is 10.2. The number of β-amino-alcohol motifs (C(OH)–C–C–N with tert-alkyl or cyclic N) is 1. The quantitative estimate of drug-likeness (QED) is 0.806. The van der Waals surface area contributed by atoms with E-state index in [0.717, 1.165) is 18.8 Å². The standard InChI is InChI=1S/C11H16N2O2/c1-2-15-11-5-3-4-10(12-11)13-7-6-9(14)8-13/h3-5,9,14H,2,6-8H2,1H3/t9-/m1/s1. The van der Waals surface area contributed by atoms with Crippen molar-refractivity contribution in [1.29, 1.82) is 0 Å². The van der Waals surface area contributed by atoms with Crippen molar-refractivity contribution in [2.24, 2.45) is 0 Å². The summed E-state index contributed by atoms with van der Waals surface area (Å²) in [5.74, 6) is 1.54. The van der Waals surface area contributed by atoms with Crippen LogP contribution in [0.1, 0.15) is 13.3 Å². The number of aromatic nitrogens is 1. The second-order valence-corrected chi connectivity index (χ2v) is 3.66. The van der Waals surface area contributed by atoms with Crippen LogP contribution in [0.2, 0.25) is 0 Å². The van der Waals surface area contributed by atoms with E-state index in [4.69, 9.17) is 4.74 Å². The van der Waals surface area contributed by atoms with Gasteiger partial charge in [0, 0.05) is 19.2 Å². The Morgan fingerprint density at radius 2 is 2.47 bits per heavy atom. The molecule has 0 amide bonds. The van der Waals surface area contributed by atoms with Crippen LogP contribution in [0.25, 0.3) is 0 Å². The Bertz CT molecular complexity index is 330. The van der Waals surface area contributed by atoms with Gasteiger partial charge in [0.1, 0.15) is 5.82 Å². The summed E-state index contributed by atoms with van der Waals surface area (Å²) in [4.78, 5) is 6.45. The maximum absolute atomic E-state index is 9.43. The highest BCUT2D eigenvalue weighted by Gasteiger charge is 2.21. The number of nitrogens with zero attached hydrogens (tertiary/aromatic N) is 2. The largest absolute Gasteiger partial charge is 0.478 e. The number of hydrogen-bond donors (Lipinski definition) is 1. The molecule has 1 atom stereocenters. The van der Waals surface area contributed by atoms with Crippen LogP contribution in [-0.2, 0) is 0 Å². The third-order valence-electron chi connectivity index (χ3n) is 2.49. The second kappa shape index (κ2) is 4.49. The molecular weight excluding hydrogens is 192 g/mol. The molecule has 1 fully saturated rings. The van der Waals surface area contributed by atoms with Gasteiger partial charge in [0.25, 0.3) is 0 Å². The van der Waals surface area contributed by atoms with E-state index in [9.17, 15) is 5.11 Å². The SMILES string of the molecule is CCOc1cccc(N2CC[C@@H](O)C2)n1. The lowest BCUT2D eigenvalue weighted by Gasteiger charge is -2.16. The van der Waals surface area contributed by atoms with Gasteiger partial charge in [0.2, 0.25) is 5.88 Å². The van der Waals surface area contributed by atoms with Crippen LogP contribution < -0.4 is 9.64 Å². The number of anilines is 1. The summed E-state index contributed by atoms with van der Waals surface area (Å²) in [5, 5.41) is 9.43. The smallest absolute Gasteiger partial charge is 0.215 e. The second-order valence-electron chi connectivity index (χ2n) is 3.66. The first-order valence-corrected chi connectivity index (χ1v) is 5.32. The van der Waals surface area contributed by atoms with Gasteiger partial charge in [-0.3, -0.25) is 0 Å². The minimum absolute atomic E-state index is 0.220. The van der Waals surface area contributed by atoms with E-state index in [1.54, 1.807) is 0 Å². The fourth-order valence-corrected chi connectivity index (χ4v) is 1.76. The van der Waals surface area contributed by atoms with Crippen LogP contribution >= 0.6 is 0 Å². The predicted molar refractivity (Wildman–Crippen MR) is 58.2 cm³/mol. The van der Waals surface area contributed by atoms with E-state index in [1.165, 1.54) is 0 Å². The third kappa shape index (κ3) is 2.39. The molecule has 1 aromatic heterocycles. The molecule has 4 nitrogen and oxygen atoms in total. The molecule has 0 bridgehead atoms. The van der Waals surface area contributed by atoms with Crippen molar-refractivity contribution in [1.82, 2.24) is 4.98 Å². The maximum atomic E-state index is 9.43. The van der Waals surface area contributed by atoms with E-state index < -0.39 is 0 Å². The molecule has 0 unspecified atom stereocenters. The lowest BCUT2D eigenvalue weighted by Crippen LogP contribution is -2.22. The Morgan fingerprint density at radius 1 is 1.60 bits per heavy atom. The number of hydrogen-bond acceptors (Lipinski definition) is 4. The summed E-state index contributed by atoms with van der Waals surface area (Å²) in [6.45, 7) is 4.10. The Kier molecular flexibility index (Phi) is 3.06. The van der Waals surface area contributed by atoms with E-state index in [1.807, 2.05) is 25.1 Å². The molecule has 1 aliphatic rings. The molecule has 0 spiro atoms. The minimum Gasteiger partial charge on any atom is -0.478 e. The van der Waals surface area contributed by atoms with E-state index >= 15 is 0 Å². The maximum Gasteiger partial charge on any atom is 0.215 e. The van der Waals surface area contributed by atoms with Crippen LogP contribution in [-0.4, -0.2) is 35.9 Å². The zero-order valence-corrected chi connectivity index (χ0v) is 8.89. The van der Waals surface area contributed by atoms with E-state index in [-0.39, 0.29) is 6.10 Å². The van der Waals surface area contributed by atoms with Crippen molar-refractivity contribution >= 4 is 5.82 Å². The topological polar surface area (TPSA) is 45.6 Å². The number of pyridine rings is 1. The first-order chi connectivity index (χ1) is 7.29. The Morgan fingerprint density at radius 3 is 3.13 bits per heavy atom. The van der Waals surface area contributed by atoms with Gasteiger partial charge in [0.05, 0.1) is 12.7 Å². The van der Waals surface area contributed by atoms with Crippen molar-refractivity contribution < 1.29 is 9.84 Å². The van der Waals surface area contributed by atoms with Crippen molar-refractivity contribution in [2.75, 3.05) is 24.6 Å². The van der Waals surface area contributed by atoms with Crippen molar-refractivity contribution in [2.45, 2.75) is 19.4 Å². The molecule has 1 N–H and O–H groups in total. The predicted octanol–water partition coefficient (Wildman–Crippen LogP) is 1.05. The van der Waals surface area contributed by atoms with Gasteiger partial charge < -0.3 is 14.7 Å². The summed E-state index contributed by atoms with van der Waals surface area (Å²) in [6, 6.07) is 5.72. The zero-order chi connectivity index (χ0) is 10.7. The molecule has 2 rings (SSSR count). The number of rotatable bonds is 3. The van der Waals surface area contributed by atoms with E-state index in [2.05, 4.69) is 9.88 Å². The van der Waals surface area contributed by atoms with Crippen molar-refractivity contribution in [3.05, 3.63) is 18.2 Å². The number of aliphatic hydroxyl groups is 1. The number of aliphatic hydroxyl groups excluding tert-OH is 1. The van der Waals surface area contributed by atoms with Gasteiger partial charge in [-0.25, -0.2) is 0 Å². The highest BCUT2D eigenvalue weighted by atomic mass is 16.5. The van der Waals surface area contributed by atoms with Gasteiger partial charge >= 0.3 is 0 Å². The minimum atomic E-state index is -0.220. The van der Waals surface area contributed by atoms with Gasteiger partial charge in [-0.1, -0.05) is 6.07 Å². The highest BCUT2D eigenvalue weighted by Crippen LogP contribution is 2.20. The van der Waals surface area contributed by atoms with Gasteiger partial charge in [-0.15, -0.1) is 0 Å². The first-order valence-electron chi connectivity index (χ1n) is 5.32. The molecule has 1 aliphatic heterocycles. The number of ether oxygens (including phenoxy) is 1. The fourth-order valence-electron chi connectivity index (χ4n) is 1.76. The Labute approximate surface area is 89.5 Å². The van der Waals surface area contributed by atoms with Crippen molar-refractivity contribution in [3.8, 4) is 5.88 Å². The van der Waals surface area contributed by atoms with Crippen LogP contribution in [0.5, 0.6) is 5.88 Å². The van der Waals surface area contributed by atoms with Gasteiger partial charge in [0.15, 0.2) is 0 Å². The molecule has 4 heteroatoms. The van der Waals surface area contributed by atoms with Gasteiger partial charge in [-0.05, 0) is 19.4 Å². The zero-order valence-electron chi connectivity index (χ0n) is 8.89. The highest BCUT2D eigenvalue weighted by molar-refractivity contribution is 5.41. The molecule has 0 saturated carbocycles. The lowest BCUT2D eigenvalue weighted by atomic mass is 10.3. The van der Waals surface area contributed by atoms with Crippen LogP contribution in [0.15, 0.2) is 18.2 Å². The summed E-state index contributed by atoms with van der Waals surface area (Å²) in [5.41, 5.74) is 0. The monoisotopic (exact) mass is 208 g/mol. The average Bonchev–Trinajstić information content (AvgIpc) is 2.66. The molecule has 1 aromatic rings. The average molecular weight is 208 g/mol. The molecule has 0 aromatic carbocycles. The third-order valence-corrected chi connectivity index (χ3v) is 2.49. The van der Waals surface area contributed by atoms with Crippen molar-refractivity contribution in [3.63, 3.8) is 0 Å². The van der Waals surface area contributed by atoms with E-state index in [0.29, 0.717) is 19.0 Å². The lowest BCUT2D eigenvalue weighted by molar-refractivity contribution is 0.198. The molecule has 82 valence electrons. The van der Waals surface area contributed by atoms with Crippen LogP contribution in [0.3, 0.4) is 0 Å². The Balaban J connectivity index is 2.10. The molecule has 0 radical (unpaired) electrons. The molecule has 15 heavy (non-hydrogen) atoms. The molecule has 0 aliphatic carbocycles. The van der Waals surface area contributed by atoms with Gasteiger partial charge in [-0.2, -0.15) is 4.98 Å². The summed E-state index contributed by atoms with van der Waals surface area (Å²) in [6.07, 6.45) is 0.600. The molecule has 2 heterocycles. The molecule has 1 saturated heterocycles. The summed E-state index contributed by atoms with van der Waals surface area (Å²) in [7, 11) is 0. The fraction of sp³-hybridized carbons (Fsp3) is 0.545. The summed E-state index contributed by atoms with van der Waals surface area (Å²) < 4.78 is 5.33. The normalized spacial score (nSPS) is 20.7. The Hall–Kier alpha value is -1.29.